The maximum absolute atomic E-state index is 12.9. The van der Waals surface area contributed by atoms with E-state index < -0.39 is 0 Å². The number of nitrogens with zero attached hydrogens (tertiary/aromatic N) is 3. The van der Waals surface area contributed by atoms with Crippen molar-refractivity contribution in [1.82, 2.24) is 14.7 Å². The molecule has 2 saturated heterocycles. The Hall–Kier alpha value is -3.07. The molecule has 2 aliphatic heterocycles. The van der Waals surface area contributed by atoms with Crippen LogP contribution in [0.1, 0.15) is 43.0 Å². The summed E-state index contributed by atoms with van der Waals surface area (Å²) in [6.45, 7) is 5.98. The molecule has 1 aromatic heterocycles. The van der Waals surface area contributed by atoms with Gasteiger partial charge in [0.25, 0.3) is 11.8 Å². The van der Waals surface area contributed by atoms with Crippen LogP contribution in [0.4, 0.5) is 5.82 Å². The minimum Gasteiger partial charge on any atom is -0.490 e. The maximum atomic E-state index is 12.9. The number of benzene rings is 1. The molecule has 4 rings (SSSR count). The summed E-state index contributed by atoms with van der Waals surface area (Å²) in [5.74, 6) is 1.63. The summed E-state index contributed by atoms with van der Waals surface area (Å²) in [5, 5.41) is 7.26. The van der Waals surface area contributed by atoms with Crippen LogP contribution in [0.25, 0.3) is 0 Å². The van der Waals surface area contributed by atoms with Crippen LogP contribution in [0.5, 0.6) is 11.5 Å². The molecule has 1 aromatic carbocycles. The molecule has 9 nitrogen and oxygen atoms in total. The van der Waals surface area contributed by atoms with Gasteiger partial charge in [-0.05, 0) is 50.8 Å². The summed E-state index contributed by atoms with van der Waals surface area (Å²) in [7, 11) is 0. The van der Waals surface area contributed by atoms with Gasteiger partial charge in [-0.2, -0.15) is 5.10 Å². The average Bonchev–Trinajstić information content (AvgIpc) is 3.51. The van der Waals surface area contributed by atoms with E-state index in [1.807, 2.05) is 11.8 Å². The molecular weight excluding hydrogens is 424 g/mol. The topological polar surface area (TPSA) is 94.9 Å². The minimum absolute atomic E-state index is 0.0279. The van der Waals surface area contributed by atoms with Crippen LogP contribution in [0, 0.1) is 5.92 Å². The number of anilines is 1. The zero-order valence-corrected chi connectivity index (χ0v) is 19.1. The molecule has 9 heteroatoms. The predicted octanol–water partition coefficient (Wildman–Crippen LogP) is 2.96. The van der Waals surface area contributed by atoms with Crippen LogP contribution >= 0.6 is 0 Å². The molecule has 0 saturated carbocycles. The lowest BCUT2D eigenvalue weighted by atomic mass is 10.1. The van der Waals surface area contributed by atoms with E-state index in [-0.39, 0.29) is 18.4 Å². The molecule has 178 valence electrons. The Morgan fingerprint density at radius 1 is 1.15 bits per heavy atom. The normalized spacial score (nSPS) is 18.2. The first-order valence-electron chi connectivity index (χ1n) is 11.7. The standard InChI is InChI=1S/C24H32N4O5/c1-2-32-21-14-19(6-7-20(21)33-17-23(29)27-11-4-3-5-12-27)24(30)26-22-8-10-25-28(22)15-18-9-13-31-16-18/h6-8,10,14,18H,2-5,9,11-13,15-17H2,1H3,(H,26,30)/t18-/m0/s1. The van der Waals surface area contributed by atoms with Gasteiger partial charge in [0.1, 0.15) is 5.82 Å². The van der Waals surface area contributed by atoms with Crippen molar-refractivity contribution in [2.45, 2.75) is 39.2 Å². The fourth-order valence-corrected chi connectivity index (χ4v) is 4.16. The molecule has 0 unspecified atom stereocenters. The number of nitrogens with one attached hydrogen (secondary N) is 1. The van der Waals surface area contributed by atoms with E-state index in [0.717, 1.165) is 39.0 Å². The molecule has 2 amide bonds. The summed E-state index contributed by atoms with van der Waals surface area (Å²) >= 11 is 0. The molecule has 0 radical (unpaired) electrons. The van der Waals surface area contributed by atoms with Crippen molar-refractivity contribution in [2.75, 3.05) is 44.8 Å². The summed E-state index contributed by atoms with van der Waals surface area (Å²) in [5.41, 5.74) is 0.435. The first kappa shape index (κ1) is 23.1. The monoisotopic (exact) mass is 456 g/mol. The number of carbonyl (C=O) groups excluding carboxylic acids is 2. The number of likely N-dealkylation sites (tertiary alicyclic amines) is 1. The molecule has 1 atom stereocenters. The van der Waals surface area contributed by atoms with Crippen LogP contribution in [-0.4, -0.2) is 66.0 Å². The van der Waals surface area contributed by atoms with Crippen molar-refractivity contribution in [3.63, 3.8) is 0 Å². The van der Waals surface area contributed by atoms with Crippen LogP contribution in [0.2, 0.25) is 0 Å². The van der Waals surface area contributed by atoms with E-state index in [1.54, 1.807) is 35.1 Å². The largest absolute Gasteiger partial charge is 0.490 e. The molecule has 0 aliphatic carbocycles. The maximum Gasteiger partial charge on any atom is 0.260 e. The molecule has 2 aromatic rings. The highest BCUT2D eigenvalue weighted by Gasteiger charge is 2.20. The van der Waals surface area contributed by atoms with Gasteiger partial charge >= 0.3 is 0 Å². The van der Waals surface area contributed by atoms with Gasteiger partial charge in [0.05, 0.1) is 19.4 Å². The predicted molar refractivity (Wildman–Crippen MR) is 123 cm³/mol. The fraction of sp³-hybridized carbons (Fsp3) is 0.542. The quantitative estimate of drug-likeness (QED) is 0.623. The second-order valence-electron chi connectivity index (χ2n) is 8.41. The Morgan fingerprint density at radius 3 is 2.76 bits per heavy atom. The lowest BCUT2D eigenvalue weighted by Crippen LogP contribution is -2.38. The van der Waals surface area contributed by atoms with Crippen molar-refractivity contribution >= 4 is 17.6 Å². The first-order valence-corrected chi connectivity index (χ1v) is 11.7. The Bertz CT molecular complexity index is 948. The first-order chi connectivity index (χ1) is 16.1. The van der Waals surface area contributed by atoms with Crippen molar-refractivity contribution in [1.29, 1.82) is 0 Å². The van der Waals surface area contributed by atoms with Gasteiger partial charge in [-0.3, -0.25) is 9.59 Å². The number of hydrogen-bond acceptors (Lipinski definition) is 6. The van der Waals surface area contributed by atoms with E-state index in [4.69, 9.17) is 14.2 Å². The number of aromatic nitrogens is 2. The second kappa shape index (κ2) is 11.2. The summed E-state index contributed by atoms with van der Waals surface area (Å²) in [6.07, 6.45) is 5.90. The number of ether oxygens (including phenoxy) is 3. The van der Waals surface area contributed by atoms with Gasteiger partial charge in [0.2, 0.25) is 0 Å². The van der Waals surface area contributed by atoms with Crippen molar-refractivity contribution in [2.24, 2.45) is 5.92 Å². The lowest BCUT2D eigenvalue weighted by molar-refractivity contribution is -0.134. The van der Waals surface area contributed by atoms with Gasteiger partial charge in [0, 0.05) is 43.8 Å². The van der Waals surface area contributed by atoms with Gasteiger partial charge in [-0.25, -0.2) is 4.68 Å². The van der Waals surface area contributed by atoms with Crippen molar-refractivity contribution in [3.8, 4) is 11.5 Å². The molecule has 2 fully saturated rings. The number of piperidine rings is 1. The molecule has 0 spiro atoms. The highest BCUT2D eigenvalue weighted by molar-refractivity contribution is 6.04. The van der Waals surface area contributed by atoms with Gasteiger partial charge in [-0.1, -0.05) is 0 Å². The van der Waals surface area contributed by atoms with E-state index in [9.17, 15) is 9.59 Å². The number of hydrogen-bond donors (Lipinski definition) is 1. The zero-order chi connectivity index (χ0) is 23.0. The highest BCUT2D eigenvalue weighted by atomic mass is 16.5. The van der Waals surface area contributed by atoms with Crippen LogP contribution in [0.15, 0.2) is 30.5 Å². The Labute approximate surface area is 194 Å². The second-order valence-corrected chi connectivity index (χ2v) is 8.41. The van der Waals surface area contributed by atoms with Gasteiger partial charge < -0.3 is 24.4 Å². The Kier molecular flexibility index (Phi) is 7.83. The van der Waals surface area contributed by atoms with Gasteiger partial charge in [0.15, 0.2) is 18.1 Å². The van der Waals surface area contributed by atoms with Crippen LogP contribution < -0.4 is 14.8 Å². The molecule has 1 N–H and O–H groups in total. The lowest BCUT2D eigenvalue weighted by Gasteiger charge is -2.26. The smallest absolute Gasteiger partial charge is 0.260 e. The van der Waals surface area contributed by atoms with E-state index in [1.165, 1.54) is 6.42 Å². The summed E-state index contributed by atoms with van der Waals surface area (Å²) in [6, 6.07) is 6.77. The molecular formula is C24H32N4O5. The third-order valence-corrected chi connectivity index (χ3v) is 5.98. The molecule has 33 heavy (non-hydrogen) atoms. The number of rotatable bonds is 9. The SMILES string of the molecule is CCOc1cc(C(=O)Nc2ccnn2C[C@@H]2CCOC2)ccc1OCC(=O)N1CCCCC1. The molecule has 3 heterocycles. The third-order valence-electron chi connectivity index (χ3n) is 5.98. The van der Waals surface area contributed by atoms with Gasteiger partial charge in [-0.15, -0.1) is 0 Å². The zero-order valence-electron chi connectivity index (χ0n) is 19.1. The van der Waals surface area contributed by atoms with Crippen LogP contribution in [0.3, 0.4) is 0 Å². The Balaban J connectivity index is 1.39. The highest BCUT2D eigenvalue weighted by Crippen LogP contribution is 2.29. The van der Waals surface area contributed by atoms with E-state index in [2.05, 4.69) is 10.4 Å². The molecule has 0 bridgehead atoms. The minimum atomic E-state index is -0.267. The van der Waals surface area contributed by atoms with E-state index in [0.29, 0.717) is 48.6 Å². The fourth-order valence-electron chi connectivity index (χ4n) is 4.16. The molecule has 2 aliphatic rings. The Morgan fingerprint density at radius 2 is 2.00 bits per heavy atom. The van der Waals surface area contributed by atoms with Crippen molar-refractivity contribution < 1.29 is 23.8 Å². The number of amides is 2. The third kappa shape index (κ3) is 6.04. The van der Waals surface area contributed by atoms with Crippen LogP contribution in [-0.2, 0) is 16.1 Å². The van der Waals surface area contributed by atoms with E-state index >= 15 is 0 Å². The van der Waals surface area contributed by atoms with Crippen molar-refractivity contribution in [3.05, 3.63) is 36.0 Å². The average molecular weight is 457 g/mol. The summed E-state index contributed by atoms with van der Waals surface area (Å²) in [4.78, 5) is 27.2. The summed E-state index contributed by atoms with van der Waals surface area (Å²) < 4.78 is 18.7. The number of carbonyl (C=O) groups is 2.